The van der Waals surface area contributed by atoms with Crippen molar-refractivity contribution in [3.05, 3.63) is 0 Å². The van der Waals surface area contributed by atoms with Gasteiger partial charge in [0.25, 0.3) is 0 Å². The van der Waals surface area contributed by atoms with E-state index in [1.54, 1.807) is 0 Å². The van der Waals surface area contributed by atoms with Gasteiger partial charge < -0.3 is 0 Å². The fourth-order valence-corrected chi connectivity index (χ4v) is 3.15. The molecule has 0 aromatic rings. The van der Waals surface area contributed by atoms with Crippen LogP contribution in [0.2, 0.25) is 0 Å². The third-order valence-corrected chi connectivity index (χ3v) is 4.83. The van der Waals surface area contributed by atoms with Crippen molar-refractivity contribution < 1.29 is 0 Å². The van der Waals surface area contributed by atoms with Gasteiger partial charge in [-0.15, -0.1) is 0 Å². The number of hydrogen-bond donors (Lipinski definition) is 1. The van der Waals surface area contributed by atoms with E-state index in [0.29, 0.717) is 5.41 Å². The summed E-state index contributed by atoms with van der Waals surface area (Å²) in [5.74, 6) is 0.142. The lowest BCUT2D eigenvalue weighted by Gasteiger charge is -2.43. The van der Waals surface area contributed by atoms with Crippen LogP contribution in [0.5, 0.6) is 0 Å². The predicted octanol–water partition coefficient (Wildman–Crippen LogP) is 1.65. The van der Waals surface area contributed by atoms with Gasteiger partial charge in [-0.05, 0) is 25.7 Å². The van der Waals surface area contributed by atoms with Crippen LogP contribution < -0.4 is 5.43 Å². The molecule has 3 aliphatic rings. The monoisotopic (exact) mass is 252 g/mol. The Morgan fingerprint density at radius 1 is 1.06 bits per heavy atom. The molecule has 4 heteroatoms. The first-order chi connectivity index (χ1) is 8.32. The summed E-state index contributed by atoms with van der Waals surface area (Å²) in [4.78, 5) is 5.28. The fourth-order valence-electron chi connectivity index (χ4n) is 3.15. The maximum Gasteiger partial charge on any atom is 0.146 e. The molecule has 0 bridgehead atoms. The Hall–Kier alpha value is -0.160. The minimum atomic E-state index is 0.142. The summed E-state index contributed by atoms with van der Waals surface area (Å²) in [6.45, 7) is 16.7. The first-order valence-corrected chi connectivity index (χ1v) is 7.40. The summed E-state index contributed by atoms with van der Waals surface area (Å²) < 4.78 is 0. The molecule has 4 nitrogen and oxygen atoms in total. The molecule has 0 amide bonds. The molecule has 1 unspecified atom stereocenters. The van der Waals surface area contributed by atoms with Crippen molar-refractivity contribution in [1.82, 2.24) is 20.2 Å². The maximum atomic E-state index is 3.59. The zero-order chi connectivity index (χ0) is 13.2. The van der Waals surface area contributed by atoms with E-state index in [0.717, 1.165) is 0 Å². The Balaban J connectivity index is 1.87. The second-order valence-electron chi connectivity index (χ2n) is 7.45. The molecule has 0 aliphatic carbocycles. The van der Waals surface area contributed by atoms with E-state index < -0.39 is 0 Å². The number of hydrogen-bond acceptors (Lipinski definition) is 4. The van der Waals surface area contributed by atoms with E-state index in [4.69, 9.17) is 0 Å². The standard InChI is InChI=1S/C14H28N4/c1-6-12(2,3)11-14(16-7-8-16,17-9-10-17)18-13(4,5)15-18/h15H,6-11H2,1-5H3. The van der Waals surface area contributed by atoms with Crippen molar-refractivity contribution in [3.8, 4) is 0 Å². The Morgan fingerprint density at radius 2 is 1.50 bits per heavy atom. The largest absolute Gasteiger partial charge is 0.269 e. The summed E-state index contributed by atoms with van der Waals surface area (Å²) in [6.07, 6.45) is 2.47. The SMILES string of the molecule is CCC(C)(C)CC(N1CC1)(N1CC1)N1NC1(C)C. The van der Waals surface area contributed by atoms with Crippen LogP contribution in [-0.2, 0) is 0 Å². The number of nitrogens with zero attached hydrogens (tertiary/aromatic N) is 3. The van der Waals surface area contributed by atoms with Gasteiger partial charge in [-0.1, -0.05) is 27.2 Å². The minimum Gasteiger partial charge on any atom is -0.269 e. The van der Waals surface area contributed by atoms with Crippen molar-refractivity contribution in [2.24, 2.45) is 5.41 Å². The van der Waals surface area contributed by atoms with Crippen molar-refractivity contribution >= 4 is 0 Å². The van der Waals surface area contributed by atoms with Gasteiger partial charge in [0, 0.05) is 26.2 Å². The van der Waals surface area contributed by atoms with Crippen molar-refractivity contribution in [2.75, 3.05) is 26.2 Å². The summed E-state index contributed by atoms with van der Waals surface area (Å²) in [5.41, 5.74) is 4.14. The molecule has 1 N–H and O–H groups in total. The van der Waals surface area contributed by atoms with Gasteiger partial charge >= 0.3 is 0 Å². The highest BCUT2D eigenvalue weighted by molar-refractivity contribution is 5.10. The molecule has 0 saturated carbocycles. The molecule has 0 spiro atoms. The van der Waals surface area contributed by atoms with Crippen molar-refractivity contribution in [1.29, 1.82) is 0 Å². The second kappa shape index (κ2) is 3.69. The molecule has 3 fully saturated rings. The summed E-state index contributed by atoms with van der Waals surface area (Å²) in [5, 5.41) is 2.50. The van der Waals surface area contributed by atoms with E-state index in [9.17, 15) is 0 Å². The van der Waals surface area contributed by atoms with Gasteiger partial charge in [-0.25, -0.2) is 5.43 Å². The highest BCUT2D eigenvalue weighted by Gasteiger charge is 2.65. The molecule has 0 radical (unpaired) electrons. The third-order valence-electron chi connectivity index (χ3n) is 4.83. The number of rotatable bonds is 6. The van der Waals surface area contributed by atoms with Crippen LogP contribution >= 0.6 is 0 Å². The molecule has 104 valence electrons. The zero-order valence-corrected chi connectivity index (χ0v) is 12.6. The molecule has 3 saturated heterocycles. The van der Waals surface area contributed by atoms with Crippen LogP contribution in [0.3, 0.4) is 0 Å². The lowest BCUT2D eigenvalue weighted by atomic mass is 9.82. The average molecular weight is 252 g/mol. The molecule has 18 heavy (non-hydrogen) atoms. The summed E-state index contributed by atoms with van der Waals surface area (Å²) in [7, 11) is 0. The van der Waals surface area contributed by atoms with Crippen LogP contribution in [0.15, 0.2) is 0 Å². The first-order valence-electron chi connectivity index (χ1n) is 7.40. The lowest BCUT2D eigenvalue weighted by molar-refractivity contribution is -0.0660. The highest BCUT2D eigenvalue weighted by atomic mass is 15.9. The Morgan fingerprint density at radius 3 is 1.78 bits per heavy atom. The Kier molecular flexibility index (Phi) is 2.63. The molecular formula is C14H28N4. The smallest absolute Gasteiger partial charge is 0.146 e. The molecule has 3 heterocycles. The van der Waals surface area contributed by atoms with Crippen LogP contribution in [0.4, 0.5) is 0 Å². The molecule has 3 rings (SSSR count). The molecular weight excluding hydrogens is 224 g/mol. The van der Waals surface area contributed by atoms with E-state index in [1.807, 2.05) is 0 Å². The van der Waals surface area contributed by atoms with Gasteiger partial charge in [0.15, 0.2) is 0 Å². The van der Waals surface area contributed by atoms with Crippen LogP contribution in [-0.4, -0.2) is 52.4 Å². The first kappa shape index (κ1) is 12.9. The molecule has 3 aliphatic heterocycles. The molecule has 0 aromatic heterocycles. The lowest BCUT2D eigenvalue weighted by Crippen LogP contribution is -2.57. The quantitative estimate of drug-likeness (QED) is 0.728. The molecule has 0 aromatic carbocycles. The van der Waals surface area contributed by atoms with Gasteiger partial charge in [-0.2, -0.15) is 5.01 Å². The normalized spacial score (nSPS) is 31.5. The minimum absolute atomic E-state index is 0.142. The van der Waals surface area contributed by atoms with E-state index in [-0.39, 0.29) is 11.4 Å². The fraction of sp³-hybridized carbons (Fsp3) is 1.00. The van der Waals surface area contributed by atoms with Crippen LogP contribution in [0, 0.1) is 5.41 Å². The second-order valence-corrected chi connectivity index (χ2v) is 7.45. The van der Waals surface area contributed by atoms with E-state index >= 15 is 0 Å². The zero-order valence-electron chi connectivity index (χ0n) is 12.6. The molecule has 1 atom stereocenters. The Bertz CT molecular complexity index is 330. The van der Waals surface area contributed by atoms with E-state index in [1.165, 1.54) is 39.0 Å². The summed E-state index contributed by atoms with van der Waals surface area (Å²) in [6, 6.07) is 0. The van der Waals surface area contributed by atoms with Crippen LogP contribution in [0.1, 0.15) is 47.5 Å². The van der Waals surface area contributed by atoms with Gasteiger partial charge in [0.1, 0.15) is 5.79 Å². The van der Waals surface area contributed by atoms with Crippen molar-refractivity contribution in [2.45, 2.75) is 58.9 Å². The third kappa shape index (κ3) is 1.99. The number of nitrogens with one attached hydrogen (secondary N) is 1. The predicted molar refractivity (Wildman–Crippen MR) is 73.6 cm³/mol. The van der Waals surface area contributed by atoms with E-state index in [2.05, 4.69) is 54.9 Å². The number of hydrazine groups is 1. The average Bonchev–Trinajstić information content (AvgIpc) is 3.05. The van der Waals surface area contributed by atoms with Gasteiger partial charge in [0.05, 0.1) is 5.66 Å². The van der Waals surface area contributed by atoms with Crippen LogP contribution in [0.25, 0.3) is 0 Å². The topological polar surface area (TPSA) is 31.0 Å². The highest BCUT2D eigenvalue weighted by Crippen LogP contribution is 2.49. The summed E-state index contributed by atoms with van der Waals surface area (Å²) >= 11 is 0. The maximum absolute atomic E-state index is 3.59. The Labute approximate surface area is 111 Å². The van der Waals surface area contributed by atoms with Gasteiger partial charge in [0.2, 0.25) is 0 Å². The van der Waals surface area contributed by atoms with Crippen molar-refractivity contribution in [3.63, 3.8) is 0 Å². The van der Waals surface area contributed by atoms with Gasteiger partial charge in [-0.3, -0.25) is 9.80 Å².